The van der Waals surface area contributed by atoms with Gasteiger partial charge in [-0.05, 0) is 43.7 Å². The second-order valence-corrected chi connectivity index (χ2v) is 7.56. The van der Waals surface area contributed by atoms with Crippen molar-refractivity contribution in [1.29, 1.82) is 0 Å². The lowest BCUT2D eigenvalue weighted by Crippen LogP contribution is -2.51. The molecule has 1 saturated heterocycles. The third-order valence-electron chi connectivity index (χ3n) is 4.92. The van der Waals surface area contributed by atoms with E-state index in [0.717, 1.165) is 32.5 Å². The summed E-state index contributed by atoms with van der Waals surface area (Å²) in [6.45, 7) is 9.52. The van der Waals surface area contributed by atoms with Gasteiger partial charge < -0.3 is 15.4 Å². The van der Waals surface area contributed by atoms with Gasteiger partial charge in [0, 0.05) is 19.6 Å². The molecular weight excluding hydrogens is 342 g/mol. The predicted molar refractivity (Wildman–Crippen MR) is 106 cm³/mol. The Morgan fingerprint density at radius 2 is 2.00 bits per heavy atom. The molecule has 1 aromatic rings. The zero-order valence-electron chi connectivity index (χ0n) is 16.7. The highest BCUT2D eigenvalue weighted by Gasteiger charge is 2.26. The molecule has 1 aliphatic heterocycles. The molecule has 27 heavy (non-hydrogen) atoms. The van der Waals surface area contributed by atoms with Gasteiger partial charge in [0.25, 0.3) is 0 Å². The van der Waals surface area contributed by atoms with Crippen LogP contribution in [0.4, 0.5) is 4.79 Å². The standard InChI is InChI=1S/C21H33N3O3/c1-4-27-21(26)23-19(16(2)3)20(25)22-13-18-11-8-12-24(15-18)14-17-9-6-5-7-10-17/h5-7,9-10,16,18-19H,4,8,11-15H2,1-3H3,(H,22,25)(H,23,26). The van der Waals surface area contributed by atoms with Crippen molar-refractivity contribution in [3.63, 3.8) is 0 Å². The van der Waals surface area contributed by atoms with Crippen LogP contribution in [0.2, 0.25) is 0 Å². The van der Waals surface area contributed by atoms with Crippen LogP contribution in [0.5, 0.6) is 0 Å². The summed E-state index contributed by atoms with van der Waals surface area (Å²) < 4.78 is 4.90. The van der Waals surface area contributed by atoms with Crippen molar-refractivity contribution in [2.24, 2.45) is 11.8 Å². The van der Waals surface area contributed by atoms with Gasteiger partial charge in [-0.3, -0.25) is 9.69 Å². The van der Waals surface area contributed by atoms with Crippen LogP contribution in [0, 0.1) is 11.8 Å². The van der Waals surface area contributed by atoms with E-state index in [1.165, 1.54) is 5.56 Å². The molecule has 1 fully saturated rings. The fraction of sp³-hybridized carbons (Fsp3) is 0.619. The van der Waals surface area contributed by atoms with Crippen molar-refractivity contribution in [3.8, 4) is 0 Å². The summed E-state index contributed by atoms with van der Waals surface area (Å²) in [5.74, 6) is 0.287. The van der Waals surface area contributed by atoms with Crippen LogP contribution in [0.1, 0.15) is 39.2 Å². The summed E-state index contributed by atoms with van der Waals surface area (Å²) in [4.78, 5) is 26.7. The van der Waals surface area contributed by atoms with Gasteiger partial charge in [-0.15, -0.1) is 0 Å². The van der Waals surface area contributed by atoms with Crippen LogP contribution >= 0.6 is 0 Å². The van der Waals surface area contributed by atoms with E-state index < -0.39 is 12.1 Å². The Hall–Kier alpha value is -2.08. The van der Waals surface area contributed by atoms with E-state index in [1.807, 2.05) is 19.9 Å². The van der Waals surface area contributed by atoms with Gasteiger partial charge in [0.05, 0.1) is 6.61 Å². The van der Waals surface area contributed by atoms with Crippen molar-refractivity contribution >= 4 is 12.0 Å². The van der Waals surface area contributed by atoms with Crippen LogP contribution in [-0.4, -0.2) is 49.2 Å². The molecule has 2 N–H and O–H groups in total. The molecule has 6 nitrogen and oxygen atoms in total. The average Bonchev–Trinajstić information content (AvgIpc) is 2.65. The van der Waals surface area contributed by atoms with Crippen molar-refractivity contribution < 1.29 is 14.3 Å². The maximum absolute atomic E-state index is 12.5. The topological polar surface area (TPSA) is 70.7 Å². The number of ether oxygens (including phenoxy) is 1. The van der Waals surface area contributed by atoms with E-state index in [1.54, 1.807) is 6.92 Å². The van der Waals surface area contributed by atoms with E-state index in [4.69, 9.17) is 4.74 Å². The van der Waals surface area contributed by atoms with Crippen LogP contribution in [0.25, 0.3) is 0 Å². The van der Waals surface area contributed by atoms with E-state index in [-0.39, 0.29) is 18.4 Å². The highest BCUT2D eigenvalue weighted by molar-refractivity contribution is 5.85. The van der Waals surface area contributed by atoms with Gasteiger partial charge in [-0.25, -0.2) is 4.79 Å². The molecule has 0 aliphatic carbocycles. The molecule has 150 valence electrons. The van der Waals surface area contributed by atoms with Gasteiger partial charge in [0.1, 0.15) is 6.04 Å². The number of hydrogen-bond donors (Lipinski definition) is 2. The lowest BCUT2D eigenvalue weighted by atomic mass is 9.97. The number of piperidine rings is 1. The molecule has 0 spiro atoms. The number of alkyl carbamates (subject to hydrolysis) is 1. The number of nitrogens with one attached hydrogen (secondary N) is 2. The Bertz CT molecular complexity index is 592. The number of carbonyl (C=O) groups is 2. The quantitative estimate of drug-likeness (QED) is 0.733. The molecule has 2 rings (SSSR count). The summed E-state index contributed by atoms with van der Waals surface area (Å²) in [6.07, 6.45) is 1.71. The molecule has 2 amide bonds. The summed E-state index contributed by atoms with van der Waals surface area (Å²) in [5, 5.41) is 5.69. The van der Waals surface area contributed by atoms with Gasteiger partial charge in [0.15, 0.2) is 0 Å². The van der Waals surface area contributed by atoms with Crippen molar-refractivity contribution in [2.45, 2.75) is 46.2 Å². The molecule has 0 bridgehead atoms. The highest BCUT2D eigenvalue weighted by Crippen LogP contribution is 2.18. The number of carbonyl (C=O) groups excluding carboxylic acids is 2. The average molecular weight is 376 g/mol. The Balaban J connectivity index is 1.81. The van der Waals surface area contributed by atoms with Gasteiger partial charge in [-0.2, -0.15) is 0 Å². The summed E-state index contributed by atoms with van der Waals surface area (Å²) in [5.41, 5.74) is 1.32. The number of likely N-dealkylation sites (tertiary alicyclic amines) is 1. The zero-order valence-corrected chi connectivity index (χ0v) is 16.7. The van der Waals surface area contributed by atoms with Crippen LogP contribution < -0.4 is 10.6 Å². The van der Waals surface area contributed by atoms with Gasteiger partial charge >= 0.3 is 6.09 Å². The van der Waals surface area contributed by atoms with Gasteiger partial charge in [0.2, 0.25) is 5.91 Å². The molecule has 0 radical (unpaired) electrons. The number of benzene rings is 1. The summed E-state index contributed by atoms with van der Waals surface area (Å²) in [7, 11) is 0. The molecule has 1 heterocycles. The lowest BCUT2D eigenvalue weighted by Gasteiger charge is -2.33. The number of amides is 2. The highest BCUT2D eigenvalue weighted by atomic mass is 16.5. The summed E-state index contributed by atoms with van der Waals surface area (Å²) >= 11 is 0. The number of hydrogen-bond acceptors (Lipinski definition) is 4. The van der Waals surface area contributed by atoms with Gasteiger partial charge in [-0.1, -0.05) is 44.2 Å². The molecular formula is C21H33N3O3. The van der Waals surface area contributed by atoms with Crippen LogP contribution in [0.15, 0.2) is 30.3 Å². The van der Waals surface area contributed by atoms with E-state index in [0.29, 0.717) is 12.5 Å². The third kappa shape index (κ3) is 7.21. The fourth-order valence-corrected chi connectivity index (χ4v) is 3.49. The second-order valence-electron chi connectivity index (χ2n) is 7.56. The smallest absolute Gasteiger partial charge is 0.407 e. The van der Waals surface area contributed by atoms with Crippen molar-refractivity contribution in [2.75, 3.05) is 26.2 Å². The first-order chi connectivity index (χ1) is 13.0. The normalized spacial score (nSPS) is 18.7. The third-order valence-corrected chi connectivity index (χ3v) is 4.92. The fourth-order valence-electron chi connectivity index (χ4n) is 3.49. The Kier molecular flexibility index (Phi) is 8.58. The Morgan fingerprint density at radius 1 is 1.26 bits per heavy atom. The molecule has 1 aliphatic rings. The number of nitrogens with zero attached hydrogens (tertiary/aromatic N) is 1. The molecule has 2 unspecified atom stereocenters. The van der Waals surface area contributed by atoms with E-state index in [9.17, 15) is 9.59 Å². The first-order valence-corrected chi connectivity index (χ1v) is 9.96. The Morgan fingerprint density at radius 3 is 2.67 bits per heavy atom. The minimum Gasteiger partial charge on any atom is -0.450 e. The van der Waals surface area contributed by atoms with Crippen molar-refractivity contribution in [1.82, 2.24) is 15.5 Å². The van der Waals surface area contributed by atoms with Crippen LogP contribution in [0.3, 0.4) is 0 Å². The zero-order chi connectivity index (χ0) is 19.6. The monoisotopic (exact) mass is 375 g/mol. The van der Waals surface area contributed by atoms with Crippen LogP contribution in [-0.2, 0) is 16.1 Å². The number of rotatable bonds is 8. The second kappa shape index (κ2) is 10.9. The lowest BCUT2D eigenvalue weighted by molar-refractivity contribution is -0.124. The maximum Gasteiger partial charge on any atom is 0.407 e. The first-order valence-electron chi connectivity index (χ1n) is 9.96. The molecule has 6 heteroatoms. The predicted octanol–water partition coefficient (Wildman–Crippen LogP) is 2.79. The summed E-state index contributed by atoms with van der Waals surface area (Å²) in [6, 6.07) is 9.90. The Labute approximate surface area is 162 Å². The van der Waals surface area contributed by atoms with E-state index in [2.05, 4.69) is 39.8 Å². The first kappa shape index (κ1) is 21.2. The minimum atomic E-state index is -0.576. The molecule has 1 aromatic carbocycles. The van der Waals surface area contributed by atoms with E-state index >= 15 is 0 Å². The molecule has 0 saturated carbocycles. The SMILES string of the molecule is CCOC(=O)NC(C(=O)NCC1CCCN(Cc2ccccc2)C1)C(C)C. The molecule has 0 aromatic heterocycles. The van der Waals surface area contributed by atoms with Crippen molar-refractivity contribution in [3.05, 3.63) is 35.9 Å². The molecule has 2 atom stereocenters. The largest absolute Gasteiger partial charge is 0.450 e. The minimum absolute atomic E-state index is 0.00431. The maximum atomic E-state index is 12.5.